The Bertz CT molecular complexity index is 452. The summed E-state index contributed by atoms with van der Waals surface area (Å²) in [6, 6.07) is 7.12. The molecule has 0 aromatic heterocycles. The third-order valence-electron chi connectivity index (χ3n) is 2.82. The zero-order valence-corrected chi connectivity index (χ0v) is 12.1. The van der Waals surface area contributed by atoms with Crippen molar-refractivity contribution in [1.82, 2.24) is 10.6 Å². The summed E-state index contributed by atoms with van der Waals surface area (Å²) in [5.41, 5.74) is 0.671. The molecule has 0 heterocycles. The van der Waals surface area contributed by atoms with E-state index in [1.54, 1.807) is 30.3 Å². The fraction of sp³-hybridized carbons (Fsp3) is 0.467. The number of carbonyl (C=O) groups is 2. The lowest BCUT2D eigenvalue weighted by Crippen LogP contribution is -2.41. The van der Waals surface area contributed by atoms with E-state index in [2.05, 4.69) is 31.4 Å². The molecule has 5 heteroatoms. The van der Waals surface area contributed by atoms with Crippen LogP contribution in [0.1, 0.15) is 38.8 Å². The monoisotopic (exact) mass is 278 g/mol. The number of carbonyl (C=O) groups excluding carboxylic acids is 1. The van der Waals surface area contributed by atoms with Gasteiger partial charge in [0.25, 0.3) is 0 Å². The lowest BCUT2D eigenvalue weighted by molar-refractivity contribution is -0.139. The van der Waals surface area contributed by atoms with Gasteiger partial charge in [0.1, 0.15) is 0 Å². The normalized spacial score (nSPS) is 12.6. The Hall–Kier alpha value is -2.04. The van der Waals surface area contributed by atoms with Crippen LogP contribution >= 0.6 is 0 Å². The minimum Gasteiger partial charge on any atom is -0.479 e. The van der Waals surface area contributed by atoms with E-state index in [4.69, 9.17) is 0 Å². The first-order valence-corrected chi connectivity index (χ1v) is 6.62. The van der Waals surface area contributed by atoms with Gasteiger partial charge >= 0.3 is 12.0 Å². The van der Waals surface area contributed by atoms with E-state index in [0.717, 1.165) is 6.42 Å². The fourth-order valence-corrected chi connectivity index (χ4v) is 1.67. The Balaban J connectivity index is 2.55. The van der Waals surface area contributed by atoms with Gasteiger partial charge in [-0.15, -0.1) is 0 Å². The molecule has 0 fully saturated rings. The highest BCUT2D eigenvalue weighted by Crippen LogP contribution is 2.17. The predicted octanol–water partition coefficient (Wildman–Crippen LogP) is 2.55. The molecule has 1 aromatic carbocycles. The standard InChI is InChI=1S/C15H22N2O3/c1-15(2,3)9-10-16-14(20)17-12(13(18)19)11-7-5-4-6-8-11/h4-8,12H,9-10H2,1-3H3,(H,18,19)(H2,16,17,20). The first kappa shape index (κ1) is 16.0. The molecule has 0 bridgehead atoms. The van der Waals surface area contributed by atoms with Crippen molar-refractivity contribution >= 4 is 12.0 Å². The van der Waals surface area contributed by atoms with E-state index in [1.165, 1.54) is 0 Å². The van der Waals surface area contributed by atoms with Crippen molar-refractivity contribution in [2.24, 2.45) is 5.41 Å². The van der Waals surface area contributed by atoms with E-state index in [-0.39, 0.29) is 5.41 Å². The Labute approximate surface area is 119 Å². The second kappa shape index (κ2) is 6.93. The van der Waals surface area contributed by atoms with Gasteiger partial charge in [0.2, 0.25) is 0 Å². The first-order chi connectivity index (χ1) is 9.29. The summed E-state index contributed by atoms with van der Waals surface area (Å²) in [5.74, 6) is -1.08. The third kappa shape index (κ3) is 5.73. The van der Waals surface area contributed by atoms with Crippen LogP contribution in [0.5, 0.6) is 0 Å². The van der Waals surface area contributed by atoms with Crippen molar-refractivity contribution < 1.29 is 14.7 Å². The molecule has 20 heavy (non-hydrogen) atoms. The second-order valence-electron chi connectivity index (χ2n) is 5.89. The number of aliphatic carboxylic acids is 1. The quantitative estimate of drug-likeness (QED) is 0.774. The molecule has 0 radical (unpaired) electrons. The van der Waals surface area contributed by atoms with Gasteiger partial charge in [0, 0.05) is 6.54 Å². The van der Waals surface area contributed by atoms with Crippen LogP contribution in [0.4, 0.5) is 4.79 Å². The van der Waals surface area contributed by atoms with Crippen molar-refractivity contribution in [2.45, 2.75) is 33.2 Å². The van der Waals surface area contributed by atoms with E-state index >= 15 is 0 Å². The molecule has 5 nitrogen and oxygen atoms in total. The van der Waals surface area contributed by atoms with Gasteiger partial charge in [0.05, 0.1) is 0 Å². The summed E-state index contributed by atoms with van der Waals surface area (Å²) < 4.78 is 0. The van der Waals surface area contributed by atoms with E-state index in [1.807, 2.05) is 0 Å². The topological polar surface area (TPSA) is 78.4 Å². The molecule has 0 aliphatic rings. The highest BCUT2D eigenvalue weighted by Gasteiger charge is 2.21. The number of benzene rings is 1. The Kier molecular flexibility index (Phi) is 5.55. The molecule has 2 amide bonds. The molecule has 0 aliphatic carbocycles. The summed E-state index contributed by atoms with van der Waals surface area (Å²) in [4.78, 5) is 23.0. The zero-order valence-electron chi connectivity index (χ0n) is 12.1. The molecule has 0 aliphatic heterocycles. The van der Waals surface area contributed by atoms with Gasteiger partial charge in [-0.25, -0.2) is 9.59 Å². The number of hydrogen-bond acceptors (Lipinski definition) is 2. The van der Waals surface area contributed by atoms with Crippen molar-refractivity contribution in [2.75, 3.05) is 6.54 Å². The average Bonchev–Trinajstić information content (AvgIpc) is 2.35. The van der Waals surface area contributed by atoms with E-state index in [0.29, 0.717) is 12.1 Å². The Morgan fingerprint density at radius 3 is 2.30 bits per heavy atom. The summed E-state index contributed by atoms with van der Waals surface area (Å²) in [6.45, 7) is 6.75. The van der Waals surface area contributed by atoms with Gasteiger partial charge in [-0.1, -0.05) is 51.1 Å². The van der Waals surface area contributed by atoms with Crippen LogP contribution in [-0.4, -0.2) is 23.7 Å². The molecule has 3 N–H and O–H groups in total. The molecule has 1 rings (SSSR count). The van der Waals surface area contributed by atoms with Crippen LogP contribution < -0.4 is 10.6 Å². The van der Waals surface area contributed by atoms with Crippen LogP contribution in [0.2, 0.25) is 0 Å². The average molecular weight is 278 g/mol. The second-order valence-corrected chi connectivity index (χ2v) is 5.89. The largest absolute Gasteiger partial charge is 0.479 e. The number of amides is 2. The highest BCUT2D eigenvalue weighted by atomic mass is 16.4. The smallest absolute Gasteiger partial charge is 0.330 e. The number of rotatable bonds is 5. The maximum absolute atomic E-state index is 11.7. The summed E-state index contributed by atoms with van der Waals surface area (Å²) in [5, 5.41) is 14.3. The fourth-order valence-electron chi connectivity index (χ4n) is 1.67. The molecule has 0 spiro atoms. The number of urea groups is 1. The van der Waals surface area contributed by atoms with Crippen LogP contribution in [0.3, 0.4) is 0 Å². The number of nitrogens with one attached hydrogen (secondary N) is 2. The molecule has 1 atom stereocenters. The molecular weight excluding hydrogens is 256 g/mol. The van der Waals surface area contributed by atoms with Crippen LogP contribution in [0.25, 0.3) is 0 Å². The third-order valence-corrected chi connectivity index (χ3v) is 2.82. The SMILES string of the molecule is CC(C)(C)CCNC(=O)NC(C(=O)O)c1ccccc1. The van der Waals surface area contributed by atoms with Crippen LogP contribution in [0.15, 0.2) is 30.3 Å². The number of carboxylic acids is 1. The summed E-state index contributed by atoms with van der Waals surface area (Å²) in [6.07, 6.45) is 0.823. The molecule has 0 saturated carbocycles. The predicted molar refractivity (Wildman–Crippen MR) is 77.4 cm³/mol. The van der Waals surface area contributed by atoms with Crippen molar-refractivity contribution in [3.63, 3.8) is 0 Å². The molecule has 110 valence electrons. The maximum atomic E-state index is 11.7. The van der Waals surface area contributed by atoms with Gasteiger partial charge in [-0.3, -0.25) is 0 Å². The Morgan fingerprint density at radius 1 is 1.20 bits per heavy atom. The van der Waals surface area contributed by atoms with E-state index < -0.39 is 18.0 Å². The first-order valence-electron chi connectivity index (χ1n) is 6.62. The molecule has 1 aromatic rings. The minimum absolute atomic E-state index is 0.124. The molecule has 1 unspecified atom stereocenters. The molecular formula is C15H22N2O3. The van der Waals surface area contributed by atoms with Gasteiger partial charge in [-0.05, 0) is 17.4 Å². The number of carboxylic acid groups (broad SMARTS) is 1. The minimum atomic E-state index is -1.08. The van der Waals surface area contributed by atoms with Crippen molar-refractivity contribution in [1.29, 1.82) is 0 Å². The Morgan fingerprint density at radius 2 is 1.80 bits per heavy atom. The molecule has 0 saturated heterocycles. The van der Waals surface area contributed by atoms with Gasteiger partial charge < -0.3 is 15.7 Å². The van der Waals surface area contributed by atoms with Crippen molar-refractivity contribution in [3.05, 3.63) is 35.9 Å². The van der Waals surface area contributed by atoms with Crippen LogP contribution in [-0.2, 0) is 4.79 Å². The van der Waals surface area contributed by atoms with Crippen LogP contribution in [0, 0.1) is 5.41 Å². The van der Waals surface area contributed by atoms with Crippen molar-refractivity contribution in [3.8, 4) is 0 Å². The van der Waals surface area contributed by atoms with E-state index in [9.17, 15) is 14.7 Å². The van der Waals surface area contributed by atoms with Gasteiger partial charge in [0.15, 0.2) is 6.04 Å². The number of hydrogen-bond donors (Lipinski definition) is 3. The summed E-state index contributed by atoms with van der Waals surface area (Å²) >= 11 is 0. The summed E-state index contributed by atoms with van der Waals surface area (Å²) in [7, 11) is 0. The van der Waals surface area contributed by atoms with Gasteiger partial charge in [-0.2, -0.15) is 0 Å². The lowest BCUT2D eigenvalue weighted by Gasteiger charge is -2.19. The maximum Gasteiger partial charge on any atom is 0.330 e. The highest BCUT2D eigenvalue weighted by molar-refractivity contribution is 5.83. The lowest BCUT2D eigenvalue weighted by atomic mass is 9.92. The zero-order chi connectivity index (χ0) is 15.2.